The van der Waals surface area contributed by atoms with Crippen LogP contribution in [0.2, 0.25) is 0 Å². The number of nitrogens with zero attached hydrogens (tertiary/aromatic N) is 2. The van der Waals surface area contributed by atoms with Gasteiger partial charge in [-0.05, 0) is 35.8 Å². The van der Waals surface area contributed by atoms with Gasteiger partial charge in [0.2, 0.25) is 0 Å². The lowest BCUT2D eigenvalue weighted by Gasteiger charge is -2.24. The van der Waals surface area contributed by atoms with Crippen LogP contribution in [0, 0.1) is 5.82 Å². The molecule has 102 valence electrons. The lowest BCUT2D eigenvalue weighted by atomic mass is 9.96. The minimum absolute atomic E-state index is 0.139. The number of halogens is 1. The van der Waals surface area contributed by atoms with Crippen molar-refractivity contribution in [2.24, 2.45) is 5.10 Å². The summed E-state index contributed by atoms with van der Waals surface area (Å²) in [5.41, 5.74) is 2.33. The van der Waals surface area contributed by atoms with E-state index >= 15 is 0 Å². The summed E-state index contributed by atoms with van der Waals surface area (Å²) in [4.78, 5) is 11.0. The number of hydrogen-bond donors (Lipinski definition) is 1. The fourth-order valence-electron chi connectivity index (χ4n) is 2.38. The van der Waals surface area contributed by atoms with Gasteiger partial charge >= 0.3 is 5.97 Å². The van der Waals surface area contributed by atoms with E-state index in [1.165, 1.54) is 12.1 Å². The second kappa shape index (κ2) is 4.92. The third-order valence-electron chi connectivity index (χ3n) is 3.47. The first kappa shape index (κ1) is 12.6. The quantitative estimate of drug-likeness (QED) is 0.918. The highest BCUT2D eigenvalue weighted by atomic mass is 19.1. The Morgan fingerprint density at radius 1 is 1.40 bits per heavy atom. The van der Waals surface area contributed by atoms with E-state index in [2.05, 4.69) is 5.10 Å². The van der Waals surface area contributed by atoms with E-state index in [0.717, 1.165) is 11.1 Å². The molecule has 0 fully saturated rings. The molecule has 0 aromatic heterocycles. The Kier molecular flexibility index (Phi) is 3.10. The fraction of sp³-hybridized carbons (Fsp3) is 0.200. The molecule has 5 heteroatoms. The normalized spacial score (nSPS) is 20.4. The van der Waals surface area contributed by atoms with Gasteiger partial charge in [-0.15, -0.1) is 0 Å². The number of carbonyl (C=O) groups is 1. The molecule has 1 N–H and O–H groups in total. The van der Waals surface area contributed by atoms with Gasteiger partial charge in [0.1, 0.15) is 5.82 Å². The number of carboxylic acids is 1. The summed E-state index contributed by atoms with van der Waals surface area (Å²) in [6, 6.07) is 6.09. The Bertz CT molecular complexity index is 632. The molecule has 1 aromatic carbocycles. The van der Waals surface area contributed by atoms with E-state index in [9.17, 15) is 9.18 Å². The summed E-state index contributed by atoms with van der Waals surface area (Å²) in [6.45, 7) is 0.516. The first-order valence-corrected chi connectivity index (χ1v) is 6.32. The van der Waals surface area contributed by atoms with E-state index in [0.29, 0.717) is 18.5 Å². The first-order valence-electron chi connectivity index (χ1n) is 6.32. The zero-order chi connectivity index (χ0) is 14.1. The van der Waals surface area contributed by atoms with Gasteiger partial charge in [-0.25, -0.2) is 9.18 Å². The van der Waals surface area contributed by atoms with Gasteiger partial charge in [0, 0.05) is 5.57 Å². The van der Waals surface area contributed by atoms with Crippen LogP contribution >= 0.6 is 0 Å². The predicted octanol–water partition coefficient (Wildman–Crippen LogP) is 2.34. The van der Waals surface area contributed by atoms with Crippen molar-refractivity contribution in [2.45, 2.75) is 19.0 Å². The maximum absolute atomic E-state index is 12.9. The van der Waals surface area contributed by atoms with Crippen LogP contribution in [-0.2, 0) is 11.3 Å². The molecule has 1 unspecified atom stereocenters. The predicted molar refractivity (Wildman–Crippen MR) is 72.6 cm³/mol. The number of rotatable bonds is 3. The highest BCUT2D eigenvalue weighted by Gasteiger charge is 2.28. The van der Waals surface area contributed by atoms with E-state index in [1.54, 1.807) is 29.4 Å². The summed E-state index contributed by atoms with van der Waals surface area (Å²) in [5, 5.41) is 15.2. The van der Waals surface area contributed by atoms with Gasteiger partial charge in [0.05, 0.1) is 18.8 Å². The Balaban J connectivity index is 1.79. The van der Waals surface area contributed by atoms with Crippen LogP contribution < -0.4 is 0 Å². The Morgan fingerprint density at radius 2 is 2.15 bits per heavy atom. The minimum atomic E-state index is -0.895. The lowest BCUT2D eigenvalue weighted by Crippen LogP contribution is -2.28. The fourth-order valence-corrected chi connectivity index (χ4v) is 2.38. The van der Waals surface area contributed by atoms with Gasteiger partial charge in [0.15, 0.2) is 0 Å². The monoisotopic (exact) mass is 272 g/mol. The number of hydrogen-bond acceptors (Lipinski definition) is 3. The molecule has 1 aliphatic carbocycles. The largest absolute Gasteiger partial charge is 0.478 e. The third kappa shape index (κ3) is 2.34. The molecule has 0 radical (unpaired) electrons. The highest BCUT2D eigenvalue weighted by Crippen LogP contribution is 2.27. The maximum Gasteiger partial charge on any atom is 0.331 e. The van der Waals surface area contributed by atoms with Crippen molar-refractivity contribution in [1.29, 1.82) is 0 Å². The number of benzene rings is 1. The van der Waals surface area contributed by atoms with Gasteiger partial charge in [0.25, 0.3) is 0 Å². The van der Waals surface area contributed by atoms with Crippen molar-refractivity contribution >= 4 is 12.2 Å². The van der Waals surface area contributed by atoms with Gasteiger partial charge in [-0.2, -0.15) is 5.10 Å². The minimum Gasteiger partial charge on any atom is -0.478 e. The molecular weight excluding hydrogens is 259 g/mol. The zero-order valence-corrected chi connectivity index (χ0v) is 10.7. The average molecular weight is 272 g/mol. The molecule has 3 rings (SSSR count). The highest BCUT2D eigenvalue weighted by molar-refractivity contribution is 5.91. The molecule has 1 atom stereocenters. The van der Waals surface area contributed by atoms with E-state index in [-0.39, 0.29) is 11.9 Å². The van der Waals surface area contributed by atoms with Crippen LogP contribution in [0.1, 0.15) is 12.0 Å². The van der Waals surface area contributed by atoms with E-state index in [4.69, 9.17) is 5.11 Å². The van der Waals surface area contributed by atoms with Crippen molar-refractivity contribution in [3.05, 3.63) is 58.9 Å². The molecule has 0 spiro atoms. The molecule has 0 saturated carbocycles. The van der Waals surface area contributed by atoms with Crippen molar-refractivity contribution in [2.75, 3.05) is 0 Å². The molecular formula is C15H13FN2O2. The molecule has 1 heterocycles. The van der Waals surface area contributed by atoms with Gasteiger partial charge in [-0.1, -0.05) is 18.2 Å². The van der Waals surface area contributed by atoms with E-state index < -0.39 is 5.97 Å². The standard InChI is InChI=1S/C15H13FN2O2/c16-13-5-1-10(2-6-13)9-18-14-7-11(15(19)20)3-4-12(14)8-17-18/h1-2,4-8,14H,3,9H2,(H,19,20). The molecule has 20 heavy (non-hydrogen) atoms. The summed E-state index contributed by atoms with van der Waals surface area (Å²) < 4.78 is 12.9. The maximum atomic E-state index is 12.9. The lowest BCUT2D eigenvalue weighted by molar-refractivity contribution is -0.132. The second-order valence-electron chi connectivity index (χ2n) is 4.82. The molecule has 0 amide bonds. The number of aliphatic carboxylic acids is 1. The summed E-state index contributed by atoms with van der Waals surface area (Å²) in [7, 11) is 0. The van der Waals surface area contributed by atoms with Crippen LogP contribution in [0.25, 0.3) is 0 Å². The van der Waals surface area contributed by atoms with Crippen LogP contribution in [0.4, 0.5) is 4.39 Å². The molecule has 0 bridgehead atoms. The van der Waals surface area contributed by atoms with E-state index in [1.807, 2.05) is 6.08 Å². The summed E-state index contributed by atoms with van der Waals surface area (Å²) in [6.07, 6.45) is 5.80. The van der Waals surface area contributed by atoms with Crippen LogP contribution in [0.3, 0.4) is 0 Å². The number of allylic oxidation sites excluding steroid dienone is 1. The smallest absolute Gasteiger partial charge is 0.331 e. The average Bonchev–Trinajstić information content (AvgIpc) is 2.84. The molecule has 0 saturated heterocycles. The van der Waals surface area contributed by atoms with Gasteiger partial charge < -0.3 is 5.11 Å². The molecule has 1 aliphatic heterocycles. The SMILES string of the molecule is O=C(O)C1=CC2C(=CC1)C=NN2Cc1ccc(F)cc1. The van der Waals surface area contributed by atoms with Gasteiger partial charge in [-0.3, -0.25) is 5.01 Å². The summed E-state index contributed by atoms with van der Waals surface area (Å²) >= 11 is 0. The second-order valence-corrected chi connectivity index (χ2v) is 4.82. The van der Waals surface area contributed by atoms with Crippen molar-refractivity contribution in [1.82, 2.24) is 5.01 Å². The topological polar surface area (TPSA) is 52.9 Å². The number of hydrazone groups is 1. The summed E-state index contributed by atoms with van der Waals surface area (Å²) in [5.74, 6) is -1.17. The van der Waals surface area contributed by atoms with Crippen LogP contribution in [-0.4, -0.2) is 28.3 Å². The first-order chi connectivity index (χ1) is 9.63. The molecule has 2 aliphatic rings. The van der Waals surface area contributed by atoms with Crippen LogP contribution in [0.5, 0.6) is 0 Å². The third-order valence-corrected chi connectivity index (χ3v) is 3.47. The molecule has 4 nitrogen and oxygen atoms in total. The van der Waals surface area contributed by atoms with Crippen molar-refractivity contribution in [3.8, 4) is 0 Å². The Labute approximate surface area is 115 Å². The van der Waals surface area contributed by atoms with Crippen LogP contribution in [0.15, 0.2) is 52.7 Å². The van der Waals surface area contributed by atoms with Crippen molar-refractivity contribution in [3.63, 3.8) is 0 Å². The number of fused-ring (bicyclic) bond motifs is 1. The molecule has 1 aromatic rings. The Morgan fingerprint density at radius 3 is 2.85 bits per heavy atom. The zero-order valence-electron chi connectivity index (χ0n) is 10.7. The number of carboxylic acid groups (broad SMARTS) is 1. The Hall–Kier alpha value is -2.43. The van der Waals surface area contributed by atoms with Crippen molar-refractivity contribution < 1.29 is 14.3 Å².